The number of anilines is 1. The van der Waals surface area contributed by atoms with Gasteiger partial charge in [-0.15, -0.1) is 13.2 Å². The van der Waals surface area contributed by atoms with E-state index in [1.54, 1.807) is 0 Å². The lowest BCUT2D eigenvalue weighted by Gasteiger charge is -2.12. The van der Waals surface area contributed by atoms with Crippen LogP contribution < -0.4 is 10.5 Å². The maximum Gasteiger partial charge on any atom is 0.574 e. The maximum atomic E-state index is 12.4. The average molecular weight is 289 g/mol. The number of nitrogen functional groups attached to an aromatic ring is 1. The first kappa shape index (κ1) is 12.0. The fourth-order valence-corrected chi connectivity index (χ4v) is 1.27. The molecule has 0 saturated heterocycles. The molecule has 15 heavy (non-hydrogen) atoms. The highest BCUT2D eigenvalue weighted by Gasteiger charge is 2.33. The van der Waals surface area contributed by atoms with Crippen molar-refractivity contribution < 1.29 is 22.3 Å². The van der Waals surface area contributed by atoms with Gasteiger partial charge < -0.3 is 10.5 Å². The molecule has 0 radical (unpaired) electrons. The topological polar surface area (TPSA) is 48.1 Å². The summed E-state index contributed by atoms with van der Waals surface area (Å²) in [6.07, 6.45) is -4.93. The molecule has 84 valence electrons. The summed E-state index contributed by atoms with van der Waals surface area (Å²) in [7, 11) is 0. The maximum absolute atomic E-state index is 12.4. The van der Waals surface area contributed by atoms with Crippen LogP contribution in [0.25, 0.3) is 0 Å². The number of halogens is 5. The van der Waals surface area contributed by atoms with E-state index in [4.69, 9.17) is 5.73 Å². The lowest BCUT2D eigenvalue weighted by atomic mass is 10.2. The number of ether oxygens (including phenoxy) is 1. The lowest BCUT2D eigenvalue weighted by Crippen LogP contribution is -2.19. The molecule has 0 atom stereocenters. The van der Waals surface area contributed by atoms with Crippen molar-refractivity contribution in [3.63, 3.8) is 0 Å². The Morgan fingerprint density at radius 2 is 2.07 bits per heavy atom. The Morgan fingerprint density at radius 1 is 1.47 bits per heavy atom. The molecule has 2 N–H and O–H groups in total. The minimum atomic E-state index is -4.93. The first-order chi connectivity index (χ1) is 6.83. The number of aromatic nitrogens is 1. The fraction of sp³-hybridized carbons (Fsp3) is 0.286. The molecule has 0 amide bonds. The van der Waals surface area contributed by atoms with Crippen LogP contribution in [0.5, 0.6) is 5.88 Å². The quantitative estimate of drug-likeness (QED) is 0.672. The van der Waals surface area contributed by atoms with Gasteiger partial charge in [0.15, 0.2) is 0 Å². The molecule has 0 saturated carbocycles. The van der Waals surface area contributed by atoms with E-state index in [2.05, 4.69) is 25.7 Å². The predicted octanol–water partition coefficient (Wildman–Crippen LogP) is 2.79. The monoisotopic (exact) mass is 288 g/mol. The minimum Gasteiger partial charge on any atom is -0.398 e. The average Bonchev–Trinajstić information content (AvgIpc) is 1.99. The summed E-state index contributed by atoms with van der Waals surface area (Å²) in [6.45, 7) is -1.18. The van der Waals surface area contributed by atoms with Gasteiger partial charge in [-0.2, -0.15) is 0 Å². The zero-order valence-electron chi connectivity index (χ0n) is 7.11. The minimum absolute atomic E-state index is 0.0384. The molecule has 1 aromatic heterocycles. The van der Waals surface area contributed by atoms with E-state index < -0.39 is 24.5 Å². The third-order valence-electron chi connectivity index (χ3n) is 1.44. The first-order valence-electron chi connectivity index (χ1n) is 3.60. The van der Waals surface area contributed by atoms with Gasteiger partial charge in [0.1, 0.15) is 11.3 Å². The second-order valence-corrected chi connectivity index (χ2v) is 3.31. The normalized spacial score (nSPS) is 11.5. The van der Waals surface area contributed by atoms with Gasteiger partial charge in [0.25, 0.3) is 0 Å². The van der Waals surface area contributed by atoms with Gasteiger partial charge >= 0.3 is 6.36 Å². The third kappa shape index (κ3) is 3.22. The van der Waals surface area contributed by atoms with Crippen LogP contribution in [0, 0.1) is 0 Å². The zero-order valence-corrected chi connectivity index (χ0v) is 8.69. The van der Waals surface area contributed by atoms with Crippen molar-refractivity contribution in [1.82, 2.24) is 4.98 Å². The Bertz CT molecular complexity index is 369. The number of hydrogen-bond donors (Lipinski definition) is 1. The highest BCUT2D eigenvalue weighted by Crippen LogP contribution is 2.30. The zero-order chi connectivity index (χ0) is 11.6. The number of nitrogens with two attached hydrogens (primary N) is 1. The van der Waals surface area contributed by atoms with E-state index >= 15 is 0 Å². The fourth-order valence-electron chi connectivity index (χ4n) is 0.864. The Hall–Kier alpha value is -1.05. The van der Waals surface area contributed by atoms with Crippen molar-refractivity contribution in [1.29, 1.82) is 0 Å². The largest absolute Gasteiger partial charge is 0.574 e. The second kappa shape index (κ2) is 4.21. The molecule has 0 aromatic carbocycles. The van der Waals surface area contributed by atoms with Gasteiger partial charge in [-0.05, 0) is 22.0 Å². The van der Waals surface area contributed by atoms with Crippen molar-refractivity contribution in [2.75, 3.05) is 5.73 Å². The van der Waals surface area contributed by atoms with Gasteiger partial charge in [-0.3, -0.25) is 0 Å². The molecule has 1 aromatic rings. The summed E-state index contributed by atoms with van der Waals surface area (Å²) in [5.41, 5.74) is 4.72. The first-order valence-corrected chi connectivity index (χ1v) is 4.39. The van der Waals surface area contributed by atoms with E-state index in [1.165, 1.54) is 6.07 Å². The van der Waals surface area contributed by atoms with Crippen molar-refractivity contribution in [2.24, 2.45) is 0 Å². The van der Waals surface area contributed by atoms with Crippen LogP contribution in [0.3, 0.4) is 0 Å². The van der Waals surface area contributed by atoms with Crippen LogP contribution in [0.2, 0.25) is 0 Å². The van der Waals surface area contributed by atoms with Crippen molar-refractivity contribution in [3.8, 4) is 5.88 Å². The van der Waals surface area contributed by atoms with Crippen molar-refractivity contribution in [3.05, 3.63) is 16.2 Å². The highest BCUT2D eigenvalue weighted by atomic mass is 79.9. The van der Waals surface area contributed by atoms with Crippen LogP contribution in [0.15, 0.2) is 10.7 Å². The molecule has 3 nitrogen and oxygen atoms in total. The van der Waals surface area contributed by atoms with Crippen LogP contribution in [-0.4, -0.2) is 11.3 Å². The number of nitrogens with zero attached hydrogens (tertiary/aromatic N) is 1. The summed E-state index contributed by atoms with van der Waals surface area (Å²) in [5, 5.41) is 0. The molecule has 0 aliphatic carbocycles. The molecule has 0 unspecified atom stereocenters. The van der Waals surface area contributed by atoms with Gasteiger partial charge in [-0.25, -0.2) is 9.37 Å². The summed E-state index contributed by atoms with van der Waals surface area (Å²) < 4.78 is 51.6. The summed E-state index contributed by atoms with van der Waals surface area (Å²) in [6, 6.07) is 1.19. The number of rotatable bonds is 2. The van der Waals surface area contributed by atoms with Crippen molar-refractivity contribution in [2.45, 2.75) is 13.0 Å². The molecular formula is C7H5BrF4N2O. The summed E-state index contributed by atoms with van der Waals surface area (Å²) >= 11 is 2.82. The SMILES string of the molecule is Nc1cc(Br)nc(OC(F)(F)F)c1CF. The van der Waals surface area contributed by atoms with E-state index in [9.17, 15) is 17.6 Å². The van der Waals surface area contributed by atoms with E-state index in [1.807, 2.05) is 0 Å². The number of hydrogen-bond acceptors (Lipinski definition) is 3. The Labute approximate surface area is 90.4 Å². The Morgan fingerprint density at radius 3 is 2.53 bits per heavy atom. The van der Waals surface area contributed by atoms with E-state index in [-0.39, 0.29) is 10.3 Å². The Balaban J connectivity index is 3.15. The molecule has 1 rings (SSSR count). The molecular weight excluding hydrogens is 284 g/mol. The van der Waals surface area contributed by atoms with Crippen LogP contribution in [0.1, 0.15) is 5.56 Å². The number of alkyl halides is 4. The molecule has 0 bridgehead atoms. The molecule has 8 heteroatoms. The van der Waals surface area contributed by atoms with Gasteiger partial charge in [0.05, 0.1) is 5.56 Å². The van der Waals surface area contributed by atoms with E-state index in [0.29, 0.717) is 0 Å². The standard InChI is InChI=1S/C7H5BrF4N2O/c8-5-1-4(13)3(2-9)6(14-5)15-7(10,11)12/h1H,2H2,(H2,13,14). The number of pyridine rings is 1. The summed E-state index contributed by atoms with van der Waals surface area (Å²) in [5.74, 6) is -0.878. The molecule has 1 heterocycles. The molecule has 0 spiro atoms. The van der Waals surface area contributed by atoms with E-state index in [0.717, 1.165) is 0 Å². The Kier molecular flexibility index (Phi) is 3.38. The summed E-state index contributed by atoms with van der Waals surface area (Å²) in [4.78, 5) is 3.34. The molecule has 0 fully saturated rings. The smallest absolute Gasteiger partial charge is 0.398 e. The second-order valence-electron chi connectivity index (χ2n) is 2.50. The van der Waals surface area contributed by atoms with Crippen molar-refractivity contribution >= 4 is 21.6 Å². The van der Waals surface area contributed by atoms with Crippen LogP contribution in [-0.2, 0) is 6.67 Å². The van der Waals surface area contributed by atoms with Gasteiger partial charge in [0, 0.05) is 5.69 Å². The predicted molar refractivity (Wildman–Crippen MR) is 47.8 cm³/mol. The molecule has 0 aliphatic rings. The van der Waals surface area contributed by atoms with Crippen LogP contribution >= 0.6 is 15.9 Å². The highest BCUT2D eigenvalue weighted by molar-refractivity contribution is 9.10. The van der Waals surface area contributed by atoms with Gasteiger partial charge in [0.2, 0.25) is 5.88 Å². The third-order valence-corrected chi connectivity index (χ3v) is 1.84. The van der Waals surface area contributed by atoms with Gasteiger partial charge in [-0.1, -0.05) is 0 Å². The lowest BCUT2D eigenvalue weighted by molar-refractivity contribution is -0.276. The molecule has 0 aliphatic heterocycles. The van der Waals surface area contributed by atoms with Crippen LogP contribution in [0.4, 0.5) is 23.2 Å².